The molecule has 0 spiro atoms. The molecule has 7 heteroatoms. The van der Waals surface area contributed by atoms with Crippen LogP contribution in [0.1, 0.15) is 11.9 Å². The van der Waals surface area contributed by atoms with Gasteiger partial charge in [0.1, 0.15) is 11.9 Å². The first-order chi connectivity index (χ1) is 10.2. The zero-order valence-corrected chi connectivity index (χ0v) is 11.2. The molecule has 3 aliphatic heterocycles. The van der Waals surface area contributed by atoms with E-state index in [1.807, 2.05) is 12.1 Å². The topological polar surface area (TPSA) is 83.5 Å². The monoisotopic (exact) mass is 294 g/mol. The summed E-state index contributed by atoms with van der Waals surface area (Å²) in [5.74, 6) is 0.0565. The van der Waals surface area contributed by atoms with Crippen molar-refractivity contribution in [3.8, 4) is 5.75 Å². The zero-order chi connectivity index (χ0) is 14.6. The summed E-state index contributed by atoms with van der Waals surface area (Å²) >= 11 is 0. The molecule has 0 aliphatic carbocycles. The Kier molecular flexibility index (Phi) is 2.90. The highest BCUT2D eigenvalue weighted by Crippen LogP contribution is 2.43. The van der Waals surface area contributed by atoms with Crippen molar-refractivity contribution in [2.24, 2.45) is 0 Å². The first kappa shape index (κ1) is 13.0. The van der Waals surface area contributed by atoms with Crippen molar-refractivity contribution in [1.82, 2.24) is 0 Å². The Morgan fingerprint density at radius 3 is 2.52 bits per heavy atom. The van der Waals surface area contributed by atoms with Crippen LogP contribution < -0.4 is 4.74 Å². The maximum Gasteiger partial charge on any atom is 0.338 e. The Morgan fingerprint density at radius 2 is 1.81 bits per heavy atom. The van der Waals surface area contributed by atoms with Crippen LogP contribution >= 0.6 is 0 Å². The number of carbonyl (C=O) groups is 1. The fraction of sp³-hybridized carbons (Fsp3) is 0.500. The maximum absolute atomic E-state index is 11.3. The van der Waals surface area contributed by atoms with E-state index in [4.69, 9.17) is 23.7 Å². The average molecular weight is 294 g/mol. The molecule has 112 valence electrons. The van der Waals surface area contributed by atoms with Gasteiger partial charge in [-0.15, -0.1) is 0 Å². The lowest BCUT2D eigenvalue weighted by Gasteiger charge is -2.16. The normalized spacial score (nSPS) is 40.8. The Bertz CT molecular complexity index is 557. The molecule has 4 rings (SSSR count). The predicted octanol–water partition coefficient (Wildman–Crippen LogP) is 0.120. The second-order valence-corrected chi connectivity index (χ2v) is 5.16. The highest BCUT2D eigenvalue weighted by molar-refractivity contribution is 5.78. The number of rotatable bonds is 2. The summed E-state index contributed by atoms with van der Waals surface area (Å²) in [7, 11) is 1.59. The van der Waals surface area contributed by atoms with Gasteiger partial charge in [-0.2, -0.15) is 0 Å². The van der Waals surface area contributed by atoms with E-state index in [1.54, 1.807) is 19.2 Å². The lowest BCUT2D eigenvalue weighted by molar-refractivity contribution is -0.173. The van der Waals surface area contributed by atoms with Gasteiger partial charge < -0.3 is 28.8 Å². The molecule has 3 heterocycles. The average Bonchev–Trinajstić information content (AvgIpc) is 3.13. The van der Waals surface area contributed by atoms with Crippen molar-refractivity contribution >= 4 is 5.97 Å². The maximum atomic E-state index is 11.3. The van der Waals surface area contributed by atoms with Crippen LogP contribution in [0.2, 0.25) is 0 Å². The smallest absolute Gasteiger partial charge is 0.338 e. The van der Waals surface area contributed by atoms with Crippen LogP contribution in [0.15, 0.2) is 24.3 Å². The Labute approximate surface area is 120 Å². The van der Waals surface area contributed by atoms with E-state index in [-0.39, 0.29) is 0 Å². The molecule has 3 fully saturated rings. The number of methoxy groups -OCH3 is 1. The summed E-state index contributed by atoms with van der Waals surface area (Å²) in [5, 5.41) is 9.64. The van der Waals surface area contributed by atoms with Gasteiger partial charge in [-0.3, -0.25) is 0 Å². The molecule has 3 saturated heterocycles. The highest BCUT2D eigenvalue weighted by atomic mass is 16.8. The molecule has 0 bridgehead atoms. The summed E-state index contributed by atoms with van der Waals surface area (Å²) in [6.45, 7) is 0. The van der Waals surface area contributed by atoms with E-state index in [0.29, 0.717) is 0 Å². The minimum Gasteiger partial charge on any atom is -0.497 e. The molecule has 0 amide bonds. The van der Waals surface area contributed by atoms with E-state index in [0.717, 1.165) is 11.3 Å². The summed E-state index contributed by atoms with van der Waals surface area (Å²) in [5.41, 5.74) is 0.815. The van der Waals surface area contributed by atoms with Crippen molar-refractivity contribution in [2.75, 3.05) is 7.11 Å². The minimum absolute atomic E-state index is 0.525. The first-order valence-electron chi connectivity index (χ1n) is 6.66. The van der Waals surface area contributed by atoms with Gasteiger partial charge >= 0.3 is 5.97 Å². The molecule has 6 atom stereocenters. The molecule has 1 aromatic rings. The molecule has 3 aliphatic rings. The number of fused-ring (bicyclic) bond motifs is 3. The van der Waals surface area contributed by atoms with Crippen LogP contribution in [0.3, 0.4) is 0 Å². The van der Waals surface area contributed by atoms with Crippen molar-refractivity contribution in [1.29, 1.82) is 0 Å². The summed E-state index contributed by atoms with van der Waals surface area (Å²) in [4.78, 5) is 11.3. The number of ether oxygens (including phenoxy) is 5. The second kappa shape index (κ2) is 4.67. The highest BCUT2D eigenvalue weighted by Gasteiger charge is 2.61. The van der Waals surface area contributed by atoms with Crippen LogP contribution in [-0.4, -0.2) is 48.9 Å². The van der Waals surface area contributed by atoms with Gasteiger partial charge in [0.25, 0.3) is 0 Å². The van der Waals surface area contributed by atoms with Crippen molar-refractivity contribution in [3.05, 3.63) is 29.8 Å². The fourth-order valence-corrected chi connectivity index (χ4v) is 2.84. The number of aliphatic hydroxyl groups excluding tert-OH is 1. The van der Waals surface area contributed by atoms with Crippen molar-refractivity contribution in [2.45, 2.75) is 37.0 Å². The lowest BCUT2D eigenvalue weighted by atomic mass is 10.1. The van der Waals surface area contributed by atoms with Crippen molar-refractivity contribution < 1.29 is 33.6 Å². The number of benzene rings is 1. The molecular weight excluding hydrogens is 280 g/mol. The third-order valence-corrected chi connectivity index (χ3v) is 3.94. The SMILES string of the molecule is COc1ccc(C2OC3O[C@H]4[C@H](OC(=O)[C@@H]4O)[C@@H]3O2)cc1. The molecule has 7 nitrogen and oxygen atoms in total. The van der Waals surface area contributed by atoms with E-state index < -0.39 is 43.0 Å². The van der Waals surface area contributed by atoms with Crippen LogP contribution in [-0.2, 0) is 23.7 Å². The molecule has 1 N–H and O–H groups in total. The van der Waals surface area contributed by atoms with Gasteiger partial charge in [-0.1, -0.05) is 12.1 Å². The first-order valence-corrected chi connectivity index (χ1v) is 6.66. The Morgan fingerprint density at radius 1 is 1.05 bits per heavy atom. The summed E-state index contributed by atoms with van der Waals surface area (Å²) < 4.78 is 27.2. The van der Waals surface area contributed by atoms with Crippen LogP contribution in [0.5, 0.6) is 5.75 Å². The molecule has 21 heavy (non-hydrogen) atoms. The molecule has 0 saturated carbocycles. The summed E-state index contributed by atoms with van der Waals surface area (Å²) in [6.07, 6.45) is -4.38. The minimum atomic E-state index is -1.27. The Hall–Kier alpha value is -1.67. The molecule has 2 unspecified atom stereocenters. The third kappa shape index (κ3) is 1.93. The van der Waals surface area contributed by atoms with Crippen LogP contribution in [0.4, 0.5) is 0 Å². The second-order valence-electron chi connectivity index (χ2n) is 5.16. The van der Waals surface area contributed by atoms with Gasteiger partial charge in [-0.05, 0) is 12.1 Å². The van der Waals surface area contributed by atoms with Gasteiger partial charge in [0, 0.05) is 5.56 Å². The number of esters is 1. The van der Waals surface area contributed by atoms with E-state index in [2.05, 4.69) is 0 Å². The zero-order valence-electron chi connectivity index (χ0n) is 11.2. The number of hydrogen-bond acceptors (Lipinski definition) is 7. The van der Waals surface area contributed by atoms with Gasteiger partial charge in [0.2, 0.25) is 0 Å². The van der Waals surface area contributed by atoms with E-state index in [9.17, 15) is 9.90 Å². The number of aliphatic hydroxyl groups is 1. The Balaban J connectivity index is 1.50. The quantitative estimate of drug-likeness (QED) is 0.776. The largest absolute Gasteiger partial charge is 0.497 e. The fourth-order valence-electron chi connectivity index (χ4n) is 2.84. The van der Waals surface area contributed by atoms with E-state index in [1.165, 1.54) is 0 Å². The number of hydrogen-bond donors (Lipinski definition) is 1. The van der Waals surface area contributed by atoms with Gasteiger partial charge in [0.05, 0.1) is 7.11 Å². The molecule has 1 aromatic carbocycles. The standard InChI is InChI=1S/C14H14O7/c1-17-7-4-2-6(3-5-7)13-20-11-10-9(19-14(11)21-13)8(15)12(16)18-10/h2-5,8-11,13-15H,1H3/t8-,9-,10+,11+,13?,14?/m1/s1. The van der Waals surface area contributed by atoms with Gasteiger partial charge in [0.15, 0.2) is 30.9 Å². The predicted molar refractivity (Wildman–Crippen MR) is 66.2 cm³/mol. The number of carbonyl (C=O) groups excluding carboxylic acids is 1. The van der Waals surface area contributed by atoms with Crippen LogP contribution in [0.25, 0.3) is 0 Å². The molecular formula is C14H14O7. The van der Waals surface area contributed by atoms with Crippen molar-refractivity contribution in [3.63, 3.8) is 0 Å². The molecule has 0 aromatic heterocycles. The van der Waals surface area contributed by atoms with E-state index >= 15 is 0 Å². The molecule has 0 radical (unpaired) electrons. The lowest BCUT2D eigenvalue weighted by Crippen LogP contribution is -2.32. The van der Waals surface area contributed by atoms with Crippen LogP contribution in [0, 0.1) is 0 Å². The summed E-state index contributed by atoms with van der Waals surface area (Å²) in [6, 6.07) is 7.27. The third-order valence-electron chi connectivity index (χ3n) is 3.94. The van der Waals surface area contributed by atoms with Gasteiger partial charge in [-0.25, -0.2) is 4.79 Å².